The number of aromatic nitrogens is 2. The second-order valence-electron chi connectivity index (χ2n) is 5.43. The first kappa shape index (κ1) is 18.1. The monoisotopic (exact) mass is 372 g/mol. The van der Waals surface area contributed by atoms with Crippen molar-refractivity contribution >= 4 is 17.5 Å². The van der Waals surface area contributed by atoms with E-state index < -0.39 is 5.25 Å². The molecule has 0 saturated heterocycles. The number of hydrogen-bond donors (Lipinski definition) is 0. The summed E-state index contributed by atoms with van der Waals surface area (Å²) in [5.41, 5.74) is 1.14. The minimum Gasteiger partial charge on any atom is -0.493 e. The van der Waals surface area contributed by atoms with Gasteiger partial charge >= 0.3 is 0 Å². The van der Waals surface area contributed by atoms with Crippen LogP contribution in [0.3, 0.4) is 0 Å². The van der Waals surface area contributed by atoms with Crippen LogP contribution in [0.1, 0.15) is 24.2 Å². The number of hydrogen-bond acceptors (Lipinski definition) is 6. The molecule has 2 aromatic carbocycles. The van der Waals surface area contributed by atoms with Crippen molar-refractivity contribution in [2.24, 2.45) is 0 Å². The molecule has 5 nitrogen and oxygen atoms in total. The average molecular weight is 372 g/mol. The maximum Gasteiger partial charge on any atom is 0.277 e. The van der Waals surface area contributed by atoms with Crippen LogP contribution in [-0.2, 0) is 0 Å². The first-order chi connectivity index (χ1) is 12.6. The molecule has 26 heavy (non-hydrogen) atoms. The zero-order chi connectivity index (χ0) is 18.5. The number of carbonyl (C=O) groups excluding carboxylic acids is 1. The van der Waals surface area contributed by atoms with E-state index in [0.717, 1.165) is 11.8 Å². The fourth-order valence-corrected chi connectivity index (χ4v) is 3.11. The quantitative estimate of drug-likeness (QED) is 0.445. The number of rotatable bonds is 7. The Bertz CT molecular complexity index is 896. The highest BCUT2D eigenvalue weighted by molar-refractivity contribution is 8.00. The van der Waals surface area contributed by atoms with Crippen LogP contribution in [0.2, 0.25) is 0 Å². The summed E-state index contributed by atoms with van der Waals surface area (Å²) in [4.78, 5) is 12.4. The number of ketones is 1. The van der Waals surface area contributed by atoms with E-state index in [4.69, 9.17) is 9.15 Å². The smallest absolute Gasteiger partial charge is 0.277 e. The molecule has 1 atom stereocenters. The van der Waals surface area contributed by atoms with E-state index in [2.05, 4.69) is 10.2 Å². The molecule has 134 valence electrons. The third-order valence-electron chi connectivity index (χ3n) is 3.60. The lowest BCUT2D eigenvalue weighted by molar-refractivity contribution is 0.0993. The number of nitrogens with zero attached hydrogens (tertiary/aromatic N) is 2. The van der Waals surface area contributed by atoms with Gasteiger partial charge in [-0.2, -0.15) is 0 Å². The predicted octanol–water partition coefficient (Wildman–Crippen LogP) is 4.64. The number of thioether (sulfide) groups is 1. The summed E-state index contributed by atoms with van der Waals surface area (Å²) in [6.07, 6.45) is 0. The van der Waals surface area contributed by atoms with Crippen LogP contribution in [-0.4, -0.2) is 27.8 Å². The second-order valence-corrected chi connectivity index (χ2v) is 6.73. The van der Waals surface area contributed by atoms with Gasteiger partial charge in [-0.05, 0) is 50.2 Å². The summed E-state index contributed by atoms with van der Waals surface area (Å²) < 4.78 is 24.2. The lowest BCUT2D eigenvalue weighted by Crippen LogP contribution is -2.13. The molecule has 0 bridgehead atoms. The van der Waals surface area contributed by atoms with Crippen molar-refractivity contribution in [1.82, 2.24) is 10.2 Å². The molecular formula is C19H17FN2O3S. The predicted molar refractivity (Wildman–Crippen MR) is 97.0 cm³/mol. The van der Waals surface area contributed by atoms with Gasteiger partial charge in [-0.15, -0.1) is 10.2 Å². The van der Waals surface area contributed by atoms with Gasteiger partial charge < -0.3 is 9.15 Å². The first-order valence-corrected chi connectivity index (χ1v) is 8.98. The summed E-state index contributed by atoms with van der Waals surface area (Å²) in [5.74, 6) is 0.476. The van der Waals surface area contributed by atoms with Gasteiger partial charge in [0.2, 0.25) is 0 Å². The third kappa shape index (κ3) is 4.11. The van der Waals surface area contributed by atoms with Crippen LogP contribution >= 0.6 is 11.8 Å². The molecule has 1 heterocycles. The Kier molecular flexibility index (Phi) is 5.68. The molecule has 7 heteroatoms. The number of Topliss-reactive ketones (excluding diaryl/α,β-unsaturated/α-hetero) is 1. The lowest BCUT2D eigenvalue weighted by atomic mass is 10.1. The van der Waals surface area contributed by atoms with E-state index in [-0.39, 0.29) is 16.8 Å². The fourth-order valence-electron chi connectivity index (χ4n) is 2.34. The van der Waals surface area contributed by atoms with Gasteiger partial charge in [0.1, 0.15) is 11.6 Å². The number of carbonyl (C=O) groups is 1. The van der Waals surface area contributed by atoms with Crippen molar-refractivity contribution in [3.63, 3.8) is 0 Å². The van der Waals surface area contributed by atoms with Gasteiger partial charge in [-0.3, -0.25) is 4.79 Å². The molecule has 0 aliphatic rings. The molecule has 0 spiro atoms. The minimum atomic E-state index is -0.448. The first-order valence-electron chi connectivity index (χ1n) is 8.10. The van der Waals surface area contributed by atoms with Crippen LogP contribution in [0.5, 0.6) is 5.75 Å². The SMILES string of the molecule is CCOc1ccccc1-c1nnc(SC(C)C(=O)c2ccc(F)cc2)o1. The third-order valence-corrected chi connectivity index (χ3v) is 4.53. The van der Waals surface area contributed by atoms with Gasteiger partial charge in [0, 0.05) is 5.56 Å². The standard InChI is InChI=1S/C19H17FN2O3S/c1-3-24-16-7-5-4-6-15(16)18-21-22-19(25-18)26-12(2)17(23)13-8-10-14(20)11-9-13/h4-12H,3H2,1-2H3. The van der Waals surface area contributed by atoms with Crippen molar-refractivity contribution in [3.05, 3.63) is 59.9 Å². The molecule has 0 fully saturated rings. The van der Waals surface area contributed by atoms with Gasteiger partial charge in [-0.25, -0.2) is 4.39 Å². The van der Waals surface area contributed by atoms with Crippen molar-refractivity contribution in [2.75, 3.05) is 6.61 Å². The number of halogens is 1. The molecule has 0 saturated carbocycles. The fraction of sp³-hybridized carbons (Fsp3) is 0.211. The van der Waals surface area contributed by atoms with E-state index in [1.54, 1.807) is 6.92 Å². The maximum absolute atomic E-state index is 13.0. The van der Waals surface area contributed by atoms with Crippen LogP contribution in [0.15, 0.2) is 58.2 Å². The largest absolute Gasteiger partial charge is 0.493 e. The number of benzene rings is 2. The average Bonchev–Trinajstić information content (AvgIpc) is 3.11. The summed E-state index contributed by atoms with van der Waals surface area (Å²) in [5, 5.41) is 7.89. The molecule has 0 aliphatic heterocycles. The molecule has 0 N–H and O–H groups in total. The molecule has 0 amide bonds. The molecule has 3 aromatic rings. The maximum atomic E-state index is 13.0. The lowest BCUT2D eigenvalue weighted by Gasteiger charge is -2.07. The second kappa shape index (κ2) is 8.14. The van der Waals surface area contributed by atoms with E-state index >= 15 is 0 Å². The van der Waals surface area contributed by atoms with Crippen LogP contribution in [0, 0.1) is 5.82 Å². The number of ether oxygens (including phenoxy) is 1. The van der Waals surface area contributed by atoms with Crippen LogP contribution in [0.25, 0.3) is 11.5 Å². The van der Waals surface area contributed by atoms with Gasteiger partial charge in [0.05, 0.1) is 17.4 Å². The summed E-state index contributed by atoms with van der Waals surface area (Å²) in [6.45, 7) is 4.17. The minimum absolute atomic E-state index is 0.135. The Labute approximate surface area is 154 Å². The zero-order valence-electron chi connectivity index (χ0n) is 14.3. The topological polar surface area (TPSA) is 65.2 Å². The number of para-hydroxylation sites is 1. The van der Waals surface area contributed by atoms with Gasteiger partial charge in [0.25, 0.3) is 11.1 Å². The van der Waals surface area contributed by atoms with Crippen molar-refractivity contribution in [2.45, 2.75) is 24.3 Å². The van der Waals surface area contributed by atoms with E-state index in [0.29, 0.717) is 29.4 Å². The highest BCUT2D eigenvalue weighted by Gasteiger charge is 2.21. The van der Waals surface area contributed by atoms with E-state index in [1.165, 1.54) is 24.3 Å². The highest BCUT2D eigenvalue weighted by atomic mass is 32.2. The van der Waals surface area contributed by atoms with Gasteiger partial charge in [-0.1, -0.05) is 23.9 Å². The normalized spacial score (nSPS) is 12.0. The molecule has 0 radical (unpaired) electrons. The Hall–Kier alpha value is -2.67. The summed E-state index contributed by atoms with van der Waals surface area (Å²) >= 11 is 1.16. The van der Waals surface area contributed by atoms with E-state index in [1.807, 2.05) is 31.2 Å². The molecule has 0 aliphatic carbocycles. The van der Waals surface area contributed by atoms with Crippen molar-refractivity contribution < 1.29 is 18.3 Å². The highest BCUT2D eigenvalue weighted by Crippen LogP contribution is 2.32. The van der Waals surface area contributed by atoms with Crippen molar-refractivity contribution in [1.29, 1.82) is 0 Å². The van der Waals surface area contributed by atoms with Crippen molar-refractivity contribution in [3.8, 4) is 17.2 Å². The Balaban J connectivity index is 1.74. The summed E-state index contributed by atoms with van der Waals surface area (Å²) in [7, 11) is 0. The Morgan fingerprint density at radius 1 is 1.19 bits per heavy atom. The molecule has 3 rings (SSSR count). The Morgan fingerprint density at radius 3 is 2.65 bits per heavy atom. The van der Waals surface area contributed by atoms with Crippen LogP contribution in [0.4, 0.5) is 4.39 Å². The Morgan fingerprint density at radius 2 is 1.92 bits per heavy atom. The van der Waals surface area contributed by atoms with Gasteiger partial charge in [0.15, 0.2) is 5.78 Å². The van der Waals surface area contributed by atoms with Crippen LogP contribution < -0.4 is 4.74 Å². The molecule has 1 aromatic heterocycles. The molecule has 1 unspecified atom stereocenters. The summed E-state index contributed by atoms with van der Waals surface area (Å²) in [6, 6.07) is 12.8. The van der Waals surface area contributed by atoms with E-state index in [9.17, 15) is 9.18 Å². The molecular weight excluding hydrogens is 355 g/mol. The zero-order valence-corrected chi connectivity index (χ0v) is 15.1.